The Labute approximate surface area is 248 Å². The Morgan fingerprint density at radius 3 is 2.81 bits per heavy atom. The second-order valence-corrected chi connectivity index (χ2v) is 10.6. The maximum atomic E-state index is 14.9. The first-order chi connectivity index (χ1) is 20.9. The van der Waals surface area contributed by atoms with Gasteiger partial charge in [0.25, 0.3) is 0 Å². The minimum atomic E-state index is -0.559. The van der Waals surface area contributed by atoms with E-state index in [9.17, 15) is 13.6 Å². The highest BCUT2D eigenvalue weighted by Gasteiger charge is 2.36. The number of rotatable bonds is 7. The molecule has 4 aromatic heterocycles. The highest BCUT2D eigenvalue weighted by molar-refractivity contribution is 6.30. The van der Waals surface area contributed by atoms with Gasteiger partial charge in [-0.1, -0.05) is 28.9 Å². The monoisotopic (exact) mass is 600 g/mol. The molecule has 13 heteroatoms. The Bertz CT molecular complexity index is 1970. The number of para-hydroxylation sites is 1. The van der Waals surface area contributed by atoms with Crippen molar-refractivity contribution >= 4 is 28.8 Å². The molecule has 5 heterocycles. The molecule has 0 spiro atoms. The third kappa shape index (κ3) is 5.38. The second-order valence-electron chi connectivity index (χ2n) is 10.2. The number of amides is 1. The van der Waals surface area contributed by atoms with E-state index in [2.05, 4.69) is 25.7 Å². The van der Waals surface area contributed by atoms with Gasteiger partial charge in [0, 0.05) is 42.0 Å². The molecular weight excluding hydrogens is 578 g/mol. The summed E-state index contributed by atoms with van der Waals surface area (Å²) in [6.45, 7) is 0.700. The predicted molar refractivity (Wildman–Crippen MR) is 154 cm³/mol. The first-order valence-corrected chi connectivity index (χ1v) is 13.8. The Morgan fingerprint density at radius 1 is 1.05 bits per heavy atom. The lowest BCUT2D eigenvalue weighted by atomic mass is 9.96. The van der Waals surface area contributed by atoms with Crippen molar-refractivity contribution in [3.8, 4) is 16.9 Å². The smallest absolute Gasteiger partial charge is 0.230 e. The molecule has 1 fully saturated rings. The van der Waals surface area contributed by atoms with Gasteiger partial charge in [0.1, 0.15) is 28.7 Å². The van der Waals surface area contributed by atoms with Crippen molar-refractivity contribution in [2.24, 2.45) is 5.92 Å². The van der Waals surface area contributed by atoms with Gasteiger partial charge in [-0.05, 0) is 48.9 Å². The number of hydrogen-bond acceptors (Lipinski definition) is 6. The summed E-state index contributed by atoms with van der Waals surface area (Å²) in [6, 6.07) is 14.2. The SMILES string of the molecule is O=C(Nc1ccc(F)c(-c2cn(Cc3cn4cc(Cl)ccc4n3)nn2)c1)C1CCOC1c1cnn(-c2ccccc2F)c1. The van der Waals surface area contributed by atoms with Crippen LogP contribution in [-0.4, -0.2) is 46.7 Å². The van der Waals surface area contributed by atoms with Gasteiger partial charge < -0.3 is 14.5 Å². The average Bonchev–Trinajstić information content (AvgIpc) is 3.80. The second kappa shape index (κ2) is 11.0. The number of aromatic nitrogens is 7. The number of fused-ring (bicyclic) bond motifs is 1. The topological polar surface area (TPSA) is 104 Å². The van der Waals surface area contributed by atoms with E-state index in [-0.39, 0.29) is 11.5 Å². The summed E-state index contributed by atoms with van der Waals surface area (Å²) in [5.74, 6) is -1.72. The van der Waals surface area contributed by atoms with Gasteiger partial charge >= 0.3 is 0 Å². The van der Waals surface area contributed by atoms with Crippen molar-refractivity contribution < 1.29 is 18.3 Å². The summed E-state index contributed by atoms with van der Waals surface area (Å²) >= 11 is 6.06. The molecule has 1 aliphatic rings. The molecule has 1 N–H and O–H groups in total. The number of carbonyl (C=O) groups is 1. The Kier molecular flexibility index (Phi) is 6.92. The third-order valence-corrected chi connectivity index (χ3v) is 7.52. The number of benzene rings is 2. The molecule has 1 aliphatic heterocycles. The number of ether oxygens (including phenoxy) is 1. The van der Waals surface area contributed by atoms with Crippen LogP contribution in [0.1, 0.15) is 23.8 Å². The zero-order valence-corrected chi connectivity index (χ0v) is 23.2. The van der Waals surface area contributed by atoms with Crippen LogP contribution in [0.5, 0.6) is 0 Å². The van der Waals surface area contributed by atoms with Gasteiger partial charge in [-0.2, -0.15) is 5.10 Å². The van der Waals surface area contributed by atoms with Gasteiger partial charge in [-0.15, -0.1) is 5.10 Å². The number of carbonyl (C=O) groups excluding carboxylic acids is 1. The summed E-state index contributed by atoms with van der Waals surface area (Å²) in [6.07, 6.45) is 8.38. The van der Waals surface area contributed by atoms with Crippen LogP contribution in [0.3, 0.4) is 0 Å². The van der Waals surface area contributed by atoms with Crippen molar-refractivity contribution in [2.45, 2.75) is 19.1 Å². The van der Waals surface area contributed by atoms with E-state index >= 15 is 0 Å². The normalized spacial score (nSPS) is 16.6. The van der Waals surface area contributed by atoms with Gasteiger partial charge in [-0.25, -0.2) is 23.1 Å². The molecule has 0 aliphatic carbocycles. The lowest BCUT2D eigenvalue weighted by molar-refractivity contribution is -0.121. The summed E-state index contributed by atoms with van der Waals surface area (Å²) in [5, 5.41) is 16.0. The first-order valence-electron chi connectivity index (χ1n) is 13.5. The van der Waals surface area contributed by atoms with Gasteiger partial charge in [0.2, 0.25) is 5.91 Å². The molecule has 43 heavy (non-hydrogen) atoms. The molecule has 2 aromatic carbocycles. The maximum absolute atomic E-state index is 14.9. The van der Waals surface area contributed by atoms with E-state index in [1.54, 1.807) is 53.7 Å². The molecule has 2 unspecified atom stereocenters. The van der Waals surface area contributed by atoms with E-state index in [0.29, 0.717) is 47.2 Å². The molecule has 2 atom stereocenters. The van der Waals surface area contributed by atoms with E-state index in [1.165, 1.54) is 28.9 Å². The fraction of sp³-hybridized carbons (Fsp3) is 0.167. The van der Waals surface area contributed by atoms with E-state index in [1.807, 2.05) is 16.7 Å². The van der Waals surface area contributed by atoms with Crippen LogP contribution >= 0.6 is 11.6 Å². The van der Waals surface area contributed by atoms with Gasteiger partial charge in [0.15, 0.2) is 0 Å². The van der Waals surface area contributed by atoms with Gasteiger partial charge in [-0.3, -0.25) is 4.79 Å². The summed E-state index contributed by atoms with van der Waals surface area (Å²) < 4.78 is 39.8. The fourth-order valence-corrected chi connectivity index (χ4v) is 5.40. The molecule has 1 saturated heterocycles. The van der Waals surface area contributed by atoms with Crippen molar-refractivity contribution in [2.75, 3.05) is 11.9 Å². The fourth-order valence-electron chi connectivity index (χ4n) is 5.23. The van der Waals surface area contributed by atoms with Crippen LogP contribution in [0.2, 0.25) is 5.02 Å². The van der Waals surface area contributed by atoms with Crippen LogP contribution in [0, 0.1) is 17.6 Å². The molecule has 1 amide bonds. The number of hydrogen-bond donors (Lipinski definition) is 1. The predicted octanol–water partition coefficient (Wildman–Crippen LogP) is 5.47. The van der Waals surface area contributed by atoms with E-state index in [0.717, 1.165) is 11.3 Å². The van der Waals surface area contributed by atoms with Gasteiger partial charge in [0.05, 0.1) is 41.7 Å². The third-order valence-electron chi connectivity index (χ3n) is 7.30. The minimum absolute atomic E-state index is 0.191. The highest BCUT2D eigenvalue weighted by Crippen LogP contribution is 2.36. The molecule has 216 valence electrons. The molecule has 0 bridgehead atoms. The highest BCUT2D eigenvalue weighted by atomic mass is 35.5. The molecular formula is C30H23ClF2N8O2. The van der Waals surface area contributed by atoms with Crippen LogP contribution in [0.25, 0.3) is 22.6 Å². The molecule has 0 radical (unpaired) electrons. The lowest BCUT2D eigenvalue weighted by Crippen LogP contribution is -2.25. The number of halogens is 3. The molecule has 10 nitrogen and oxygen atoms in total. The number of nitrogens with one attached hydrogen (secondary N) is 1. The van der Waals surface area contributed by atoms with Crippen molar-refractivity contribution in [3.05, 3.63) is 113 Å². The number of nitrogens with zero attached hydrogens (tertiary/aromatic N) is 7. The van der Waals surface area contributed by atoms with Crippen molar-refractivity contribution in [3.63, 3.8) is 0 Å². The average molecular weight is 601 g/mol. The van der Waals surface area contributed by atoms with Crippen LogP contribution in [0.15, 0.2) is 85.6 Å². The quantitative estimate of drug-likeness (QED) is 0.260. The Balaban J connectivity index is 1.06. The minimum Gasteiger partial charge on any atom is -0.373 e. The van der Waals surface area contributed by atoms with Crippen LogP contribution in [-0.2, 0) is 16.1 Å². The standard InChI is InChI=1S/C30H23ClF2N8O2/c31-19-5-8-28-35-21(15-39(28)14-19)16-40-17-26(37-38-40)23-11-20(6-7-24(23)32)36-30(42)22-9-10-43-29(22)18-12-34-41(13-18)27-4-2-1-3-25(27)33/h1-8,11-15,17,22,29H,9-10,16H2,(H,36,42). The zero-order chi connectivity index (χ0) is 29.5. The number of pyridine rings is 1. The Hall–Kier alpha value is -4.94. The molecule has 7 rings (SSSR count). The van der Waals surface area contributed by atoms with Crippen molar-refractivity contribution in [1.82, 2.24) is 34.2 Å². The number of imidazole rings is 1. The number of anilines is 1. The van der Waals surface area contributed by atoms with Crippen LogP contribution in [0.4, 0.5) is 14.5 Å². The van der Waals surface area contributed by atoms with Crippen LogP contribution < -0.4 is 5.32 Å². The lowest BCUT2D eigenvalue weighted by Gasteiger charge is -2.17. The summed E-state index contributed by atoms with van der Waals surface area (Å²) in [4.78, 5) is 17.9. The summed E-state index contributed by atoms with van der Waals surface area (Å²) in [5.41, 5.74) is 3.33. The molecule has 0 saturated carbocycles. The molecule has 6 aromatic rings. The zero-order valence-electron chi connectivity index (χ0n) is 22.4. The maximum Gasteiger partial charge on any atom is 0.230 e. The largest absolute Gasteiger partial charge is 0.373 e. The van der Waals surface area contributed by atoms with E-state index in [4.69, 9.17) is 16.3 Å². The Morgan fingerprint density at radius 2 is 1.93 bits per heavy atom. The summed E-state index contributed by atoms with van der Waals surface area (Å²) in [7, 11) is 0. The first kappa shape index (κ1) is 26.9. The van der Waals surface area contributed by atoms with Crippen molar-refractivity contribution in [1.29, 1.82) is 0 Å². The van der Waals surface area contributed by atoms with E-state index < -0.39 is 23.7 Å².